The molecule has 1 aromatic rings. The van der Waals surface area contributed by atoms with E-state index in [1.165, 1.54) is 7.11 Å². The zero-order valence-electron chi connectivity index (χ0n) is 10.9. The molecule has 0 saturated heterocycles. The summed E-state index contributed by atoms with van der Waals surface area (Å²) in [6.45, 7) is 4.24. The summed E-state index contributed by atoms with van der Waals surface area (Å²) < 4.78 is 10.1. The number of esters is 1. The number of carbonyl (C=O) groups is 1. The zero-order chi connectivity index (χ0) is 12.8. The lowest BCUT2D eigenvalue weighted by Crippen LogP contribution is -2.09. The van der Waals surface area contributed by atoms with Crippen LogP contribution in [0.2, 0.25) is 0 Å². The molecule has 0 aromatic heterocycles. The minimum Gasteiger partial charge on any atom is -0.469 e. The molecule has 0 bridgehead atoms. The predicted molar refractivity (Wildman–Crippen MR) is 66.8 cm³/mol. The Morgan fingerprint density at radius 3 is 2.18 bits per heavy atom. The number of hydrogen-bond donors (Lipinski definition) is 0. The van der Waals surface area contributed by atoms with E-state index in [0.717, 1.165) is 11.1 Å². The Bertz CT molecular complexity index is 354. The summed E-state index contributed by atoms with van der Waals surface area (Å²) in [5, 5.41) is 0. The van der Waals surface area contributed by atoms with E-state index in [4.69, 9.17) is 4.74 Å². The normalized spacial score (nSPS) is 12.5. The van der Waals surface area contributed by atoms with Crippen molar-refractivity contribution in [3.63, 3.8) is 0 Å². The van der Waals surface area contributed by atoms with Gasteiger partial charge >= 0.3 is 5.97 Å². The lowest BCUT2D eigenvalue weighted by Gasteiger charge is -2.19. The van der Waals surface area contributed by atoms with E-state index >= 15 is 0 Å². The van der Waals surface area contributed by atoms with Crippen molar-refractivity contribution in [1.29, 1.82) is 0 Å². The molecule has 1 atom stereocenters. The fraction of sp³-hybridized carbons (Fsp3) is 0.500. The molecule has 0 unspecified atom stereocenters. The topological polar surface area (TPSA) is 35.5 Å². The van der Waals surface area contributed by atoms with Crippen molar-refractivity contribution >= 4 is 5.97 Å². The molecular formula is C14H20O3. The van der Waals surface area contributed by atoms with Crippen molar-refractivity contribution in [3.8, 4) is 0 Å². The van der Waals surface area contributed by atoms with Gasteiger partial charge in [0.05, 0.1) is 19.6 Å². The molecule has 1 rings (SSSR count). The molecule has 17 heavy (non-hydrogen) atoms. The molecule has 0 fully saturated rings. The van der Waals surface area contributed by atoms with Gasteiger partial charge in [-0.25, -0.2) is 0 Å². The van der Waals surface area contributed by atoms with Gasteiger partial charge in [-0.3, -0.25) is 4.79 Å². The Labute approximate surface area is 103 Å². The van der Waals surface area contributed by atoms with E-state index in [0.29, 0.717) is 12.3 Å². The third-order valence-corrected chi connectivity index (χ3v) is 2.74. The molecule has 1 aromatic carbocycles. The first-order valence-corrected chi connectivity index (χ1v) is 5.77. The highest BCUT2D eigenvalue weighted by atomic mass is 16.5. The summed E-state index contributed by atoms with van der Waals surface area (Å²) in [7, 11) is 3.11. The molecule has 0 spiro atoms. The molecule has 3 nitrogen and oxygen atoms in total. The highest BCUT2D eigenvalue weighted by Crippen LogP contribution is 2.25. The lowest BCUT2D eigenvalue weighted by atomic mass is 9.97. The zero-order valence-corrected chi connectivity index (χ0v) is 10.9. The first-order chi connectivity index (χ1) is 8.08. The summed E-state index contributed by atoms with van der Waals surface area (Å²) in [6.07, 6.45) is 0.415. The van der Waals surface area contributed by atoms with E-state index < -0.39 is 0 Å². The predicted octanol–water partition coefficient (Wildman–Crippen LogP) is 2.75. The summed E-state index contributed by atoms with van der Waals surface area (Å²) in [5.74, 6) is 0.205. The van der Waals surface area contributed by atoms with Gasteiger partial charge in [0.2, 0.25) is 0 Å². The Morgan fingerprint density at radius 1 is 1.18 bits per heavy atom. The van der Waals surface area contributed by atoms with Crippen LogP contribution in [0.5, 0.6) is 0 Å². The summed E-state index contributed by atoms with van der Waals surface area (Å²) in [4.78, 5) is 11.1. The quantitative estimate of drug-likeness (QED) is 0.737. The minimum atomic E-state index is -0.218. The van der Waals surface area contributed by atoms with Gasteiger partial charge in [0.15, 0.2) is 0 Å². The number of benzene rings is 1. The first kappa shape index (κ1) is 13.7. The molecule has 0 aliphatic heterocycles. The van der Waals surface area contributed by atoms with Gasteiger partial charge in [-0.1, -0.05) is 38.1 Å². The van der Waals surface area contributed by atoms with Crippen LogP contribution in [-0.4, -0.2) is 20.2 Å². The molecule has 0 aliphatic carbocycles. The number of hydrogen-bond acceptors (Lipinski definition) is 3. The van der Waals surface area contributed by atoms with E-state index in [1.807, 2.05) is 24.3 Å². The highest BCUT2D eigenvalue weighted by Gasteiger charge is 2.14. The van der Waals surface area contributed by atoms with Crippen LogP contribution in [0.3, 0.4) is 0 Å². The third-order valence-electron chi connectivity index (χ3n) is 2.74. The Balaban J connectivity index is 2.76. The van der Waals surface area contributed by atoms with Crippen molar-refractivity contribution in [2.45, 2.75) is 26.4 Å². The van der Waals surface area contributed by atoms with Gasteiger partial charge in [-0.05, 0) is 17.0 Å². The molecule has 0 saturated carbocycles. The van der Waals surface area contributed by atoms with E-state index in [1.54, 1.807) is 7.11 Å². The molecule has 3 heteroatoms. The number of rotatable bonds is 5. The summed E-state index contributed by atoms with van der Waals surface area (Å²) >= 11 is 0. The monoisotopic (exact) mass is 236 g/mol. The highest BCUT2D eigenvalue weighted by molar-refractivity contribution is 5.72. The maximum Gasteiger partial charge on any atom is 0.309 e. The third kappa shape index (κ3) is 3.86. The summed E-state index contributed by atoms with van der Waals surface area (Å²) in [6, 6.07) is 7.90. The second-order valence-electron chi connectivity index (χ2n) is 4.39. The first-order valence-electron chi connectivity index (χ1n) is 5.77. The molecule has 0 amide bonds. The summed E-state index contributed by atoms with van der Waals surface area (Å²) in [5.41, 5.74) is 2.09. The van der Waals surface area contributed by atoms with Crippen molar-refractivity contribution in [2.24, 2.45) is 5.92 Å². The molecule has 0 heterocycles. The van der Waals surface area contributed by atoms with Crippen LogP contribution in [0, 0.1) is 5.92 Å². The van der Waals surface area contributed by atoms with Gasteiger partial charge in [0.1, 0.15) is 0 Å². The largest absolute Gasteiger partial charge is 0.469 e. The van der Waals surface area contributed by atoms with E-state index in [2.05, 4.69) is 18.6 Å². The lowest BCUT2D eigenvalue weighted by molar-refractivity contribution is -0.139. The maximum absolute atomic E-state index is 11.1. The van der Waals surface area contributed by atoms with Crippen LogP contribution < -0.4 is 0 Å². The van der Waals surface area contributed by atoms with Crippen molar-refractivity contribution in [2.75, 3.05) is 14.2 Å². The average Bonchev–Trinajstić information content (AvgIpc) is 2.31. The average molecular weight is 236 g/mol. The van der Waals surface area contributed by atoms with Gasteiger partial charge in [0.25, 0.3) is 0 Å². The smallest absolute Gasteiger partial charge is 0.309 e. The maximum atomic E-state index is 11.1. The van der Waals surface area contributed by atoms with Gasteiger partial charge < -0.3 is 9.47 Å². The van der Waals surface area contributed by atoms with Crippen LogP contribution in [0.4, 0.5) is 0 Å². The number of methoxy groups -OCH3 is 2. The van der Waals surface area contributed by atoms with Crippen molar-refractivity contribution in [1.82, 2.24) is 0 Å². The van der Waals surface area contributed by atoms with E-state index in [9.17, 15) is 4.79 Å². The Morgan fingerprint density at radius 2 is 1.76 bits per heavy atom. The SMILES string of the molecule is COC(=O)Cc1ccc([C@@H](OC)C(C)C)cc1. The van der Waals surface area contributed by atoms with Crippen LogP contribution in [0.15, 0.2) is 24.3 Å². The van der Waals surface area contributed by atoms with Crippen molar-refractivity contribution in [3.05, 3.63) is 35.4 Å². The van der Waals surface area contributed by atoms with Crippen LogP contribution in [-0.2, 0) is 20.7 Å². The minimum absolute atomic E-state index is 0.0992. The van der Waals surface area contributed by atoms with Crippen molar-refractivity contribution < 1.29 is 14.3 Å². The molecule has 0 radical (unpaired) electrons. The fourth-order valence-corrected chi connectivity index (χ4v) is 1.86. The van der Waals surface area contributed by atoms with Crippen LogP contribution >= 0.6 is 0 Å². The van der Waals surface area contributed by atoms with Gasteiger partial charge in [-0.2, -0.15) is 0 Å². The van der Waals surface area contributed by atoms with E-state index in [-0.39, 0.29) is 12.1 Å². The number of carbonyl (C=O) groups excluding carboxylic acids is 1. The molecule has 0 aliphatic rings. The van der Waals surface area contributed by atoms with Gasteiger partial charge in [0, 0.05) is 7.11 Å². The van der Waals surface area contributed by atoms with Gasteiger partial charge in [-0.15, -0.1) is 0 Å². The molecule has 94 valence electrons. The standard InChI is InChI=1S/C14H20O3/c1-10(2)14(17-4)12-7-5-11(6-8-12)9-13(15)16-3/h5-8,10,14H,9H2,1-4H3/t14-/m0/s1. The molecule has 0 N–H and O–H groups in total. The van der Waals surface area contributed by atoms with Crippen LogP contribution in [0.1, 0.15) is 31.1 Å². The Hall–Kier alpha value is -1.35. The second-order valence-corrected chi connectivity index (χ2v) is 4.39. The second kappa shape index (κ2) is 6.40. The fourth-order valence-electron chi connectivity index (χ4n) is 1.86. The number of ether oxygens (including phenoxy) is 2. The Kier molecular flexibility index (Phi) is 5.16. The molecular weight excluding hydrogens is 216 g/mol. The van der Waals surface area contributed by atoms with Crippen LogP contribution in [0.25, 0.3) is 0 Å².